The van der Waals surface area contributed by atoms with E-state index in [1.165, 1.54) is 33.0 Å². The summed E-state index contributed by atoms with van der Waals surface area (Å²) in [5, 5.41) is 2.74. The largest absolute Gasteiger partial charge is 0.298 e. The Bertz CT molecular complexity index is 853. The standard InChI is InChI=1S/C24H29N/c1-18-10-13-20(23-9-7-6-8-22(18)23)17-25(5)16-19-11-14-21(15-12-19)24(2,3)4/h6-15H,16-17H2,1-5H3. The summed E-state index contributed by atoms with van der Waals surface area (Å²) in [5.41, 5.74) is 5.72. The molecule has 130 valence electrons. The predicted octanol–water partition coefficient (Wildman–Crippen LogP) is 6.08. The third-order valence-electron chi connectivity index (χ3n) is 4.95. The Morgan fingerprint density at radius 3 is 2.04 bits per heavy atom. The van der Waals surface area contributed by atoms with Gasteiger partial charge in [-0.25, -0.2) is 0 Å². The highest BCUT2D eigenvalue weighted by atomic mass is 15.1. The highest BCUT2D eigenvalue weighted by molar-refractivity contribution is 5.88. The van der Waals surface area contributed by atoms with E-state index < -0.39 is 0 Å². The molecule has 3 aromatic rings. The van der Waals surface area contributed by atoms with Crippen LogP contribution in [0.15, 0.2) is 60.7 Å². The Balaban J connectivity index is 1.75. The van der Waals surface area contributed by atoms with Gasteiger partial charge in [0.05, 0.1) is 0 Å². The zero-order valence-electron chi connectivity index (χ0n) is 16.1. The fraction of sp³-hybridized carbons (Fsp3) is 0.333. The Kier molecular flexibility index (Phi) is 4.96. The lowest BCUT2D eigenvalue weighted by Gasteiger charge is -2.21. The van der Waals surface area contributed by atoms with Gasteiger partial charge in [0.25, 0.3) is 0 Å². The van der Waals surface area contributed by atoms with Gasteiger partial charge < -0.3 is 0 Å². The van der Waals surface area contributed by atoms with Gasteiger partial charge in [-0.1, -0.05) is 81.4 Å². The average Bonchev–Trinajstić information content (AvgIpc) is 2.57. The van der Waals surface area contributed by atoms with E-state index in [9.17, 15) is 0 Å². The summed E-state index contributed by atoms with van der Waals surface area (Å²) in [6.45, 7) is 10.9. The predicted molar refractivity (Wildman–Crippen MR) is 109 cm³/mol. The lowest BCUT2D eigenvalue weighted by atomic mass is 9.87. The molecule has 0 bridgehead atoms. The van der Waals surface area contributed by atoms with Crippen molar-refractivity contribution in [1.82, 2.24) is 4.90 Å². The maximum atomic E-state index is 2.39. The molecule has 0 aliphatic carbocycles. The summed E-state index contributed by atoms with van der Waals surface area (Å²) in [6, 6.07) is 22.3. The maximum absolute atomic E-state index is 2.39. The van der Waals surface area contributed by atoms with Crippen LogP contribution >= 0.6 is 0 Å². The second kappa shape index (κ2) is 7.01. The van der Waals surface area contributed by atoms with Gasteiger partial charge in [-0.3, -0.25) is 4.90 Å². The molecular formula is C24H29N. The van der Waals surface area contributed by atoms with Crippen molar-refractivity contribution in [2.75, 3.05) is 7.05 Å². The van der Waals surface area contributed by atoms with E-state index in [0.717, 1.165) is 13.1 Å². The second-order valence-electron chi connectivity index (χ2n) is 8.21. The van der Waals surface area contributed by atoms with E-state index in [-0.39, 0.29) is 5.41 Å². The molecule has 0 N–H and O–H groups in total. The topological polar surface area (TPSA) is 3.24 Å². The van der Waals surface area contributed by atoms with Crippen LogP contribution in [0.3, 0.4) is 0 Å². The number of benzene rings is 3. The minimum atomic E-state index is 0.214. The Hall–Kier alpha value is -2.12. The third kappa shape index (κ3) is 4.11. The van der Waals surface area contributed by atoms with E-state index >= 15 is 0 Å². The molecule has 0 saturated heterocycles. The van der Waals surface area contributed by atoms with E-state index in [4.69, 9.17) is 0 Å². The van der Waals surface area contributed by atoms with Crippen LogP contribution in [0.25, 0.3) is 10.8 Å². The smallest absolute Gasteiger partial charge is 0.0240 e. The van der Waals surface area contributed by atoms with Crippen molar-refractivity contribution in [1.29, 1.82) is 0 Å². The van der Waals surface area contributed by atoms with Gasteiger partial charge in [-0.15, -0.1) is 0 Å². The molecule has 0 atom stereocenters. The highest BCUT2D eigenvalue weighted by Gasteiger charge is 2.13. The molecule has 0 aliphatic rings. The van der Waals surface area contributed by atoms with Gasteiger partial charge in [0.1, 0.15) is 0 Å². The molecule has 0 unspecified atom stereocenters. The van der Waals surface area contributed by atoms with Crippen LogP contribution in [0.4, 0.5) is 0 Å². The number of nitrogens with zero attached hydrogens (tertiary/aromatic N) is 1. The molecule has 1 heteroatoms. The number of hydrogen-bond donors (Lipinski definition) is 0. The Morgan fingerprint density at radius 2 is 1.40 bits per heavy atom. The molecule has 0 heterocycles. The van der Waals surface area contributed by atoms with Gasteiger partial charge in [-0.05, 0) is 52.4 Å². The van der Waals surface area contributed by atoms with Crippen molar-refractivity contribution >= 4 is 10.8 Å². The van der Waals surface area contributed by atoms with Crippen molar-refractivity contribution in [3.8, 4) is 0 Å². The van der Waals surface area contributed by atoms with Crippen molar-refractivity contribution in [3.63, 3.8) is 0 Å². The molecule has 1 nitrogen and oxygen atoms in total. The Labute approximate surface area is 152 Å². The summed E-state index contributed by atoms with van der Waals surface area (Å²) >= 11 is 0. The first-order chi connectivity index (χ1) is 11.8. The first-order valence-electron chi connectivity index (χ1n) is 9.10. The maximum Gasteiger partial charge on any atom is 0.0240 e. The van der Waals surface area contributed by atoms with E-state index in [0.29, 0.717) is 0 Å². The molecule has 0 aliphatic heterocycles. The fourth-order valence-electron chi connectivity index (χ4n) is 3.42. The van der Waals surface area contributed by atoms with E-state index in [2.05, 4.69) is 100 Å². The molecule has 0 saturated carbocycles. The molecule has 3 rings (SSSR count). The van der Waals surface area contributed by atoms with Gasteiger partial charge in [0.2, 0.25) is 0 Å². The Morgan fingerprint density at radius 1 is 0.760 bits per heavy atom. The summed E-state index contributed by atoms with van der Waals surface area (Å²) in [5.74, 6) is 0. The van der Waals surface area contributed by atoms with Crippen molar-refractivity contribution in [2.24, 2.45) is 0 Å². The van der Waals surface area contributed by atoms with Crippen LogP contribution in [0.2, 0.25) is 0 Å². The first kappa shape index (κ1) is 17.7. The normalized spacial score (nSPS) is 12.1. The molecule has 3 aromatic carbocycles. The molecule has 0 aromatic heterocycles. The number of fused-ring (bicyclic) bond motifs is 1. The summed E-state index contributed by atoms with van der Waals surface area (Å²) < 4.78 is 0. The van der Waals surface area contributed by atoms with Crippen LogP contribution in [0.1, 0.15) is 43.0 Å². The molecular weight excluding hydrogens is 302 g/mol. The molecule has 0 fully saturated rings. The van der Waals surface area contributed by atoms with Crippen molar-refractivity contribution in [2.45, 2.75) is 46.2 Å². The minimum absolute atomic E-state index is 0.214. The fourth-order valence-corrected chi connectivity index (χ4v) is 3.42. The number of aryl methyl sites for hydroxylation is 1. The van der Waals surface area contributed by atoms with Gasteiger partial charge in [0, 0.05) is 13.1 Å². The van der Waals surface area contributed by atoms with Crippen molar-refractivity contribution < 1.29 is 0 Å². The van der Waals surface area contributed by atoms with Gasteiger partial charge in [-0.2, -0.15) is 0 Å². The quantitative estimate of drug-likeness (QED) is 0.560. The van der Waals surface area contributed by atoms with E-state index in [1.54, 1.807) is 0 Å². The molecule has 0 radical (unpaired) electrons. The third-order valence-corrected chi connectivity index (χ3v) is 4.95. The van der Waals surface area contributed by atoms with Crippen LogP contribution in [0, 0.1) is 6.92 Å². The summed E-state index contributed by atoms with van der Waals surface area (Å²) in [6.07, 6.45) is 0. The zero-order valence-corrected chi connectivity index (χ0v) is 16.1. The van der Waals surface area contributed by atoms with Crippen LogP contribution in [-0.2, 0) is 18.5 Å². The average molecular weight is 332 g/mol. The van der Waals surface area contributed by atoms with Crippen LogP contribution < -0.4 is 0 Å². The van der Waals surface area contributed by atoms with Crippen LogP contribution in [0.5, 0.6) is 0 Å². The highest BCUT2D eigenvalue weighted by Crippen LogP contribution is 2.25. The SMILES string of the molecule is Cc1ccc(CN(C)Cc2ccc(C(C)(C)C)cc2)c2ccccc12. The van der Waals surface area contributed by atoms with Crippen LogP contribution in [-0.4, -0.2) is 11.9 Å². The number of rotatable bonds is 4. The van der Waals surface area contributed by atoms with E-state index in [1.807, 2.05) is 0 Å². The summed E-state index contributed by atoms with van der Waals surface area (Å²) in [7, 11) is 2.20. The van der Waals surface area contributed by atoms with Crippen molar-refractivity contribution in [3.05, 3.63) is 82.9 Å². The molecule has 0 spiro atoms. The lowest BCUT2D eigenvalue weighted by molar-refractivity contribution is 0.320. The summed E-state index contributed by atoms with van der Waals surface area (Å²) in [4.78, 5) is 2.39. The van der Waals surface area contributed by atoms with Gasteiger partial charge >= 0.3 is 0 Å². The minimum Gasteiger partial charge on any atom is -0.298 e. The first-order valence-corrected chi connectivity index (χ1v) is 9.10. The van der Waals surface area contributed by atoms with Gasteiger partial charge in [0.15, 0.2) is 0 Å². The zero-order chi connectivity index (χ0) is 18.0. The molecule has 0 amide bonds. The number of hydrogen-bond acceptors (Lipinski definition) is 1. The lowest BCUT2D eigenvalue weighted by Crippen LogP contribution is -2.18. The molecule has 25 heavy (non-hydrogen) atoms. The monoisotopic (exact) mass is 331 g/mol. The second-order valence-corrected chi connectivity index (χ2v) is 8.21.